The lowest BCUT2D eigenvalue weighted by molar-refractivity contribution is -0.115. The average Bonchev–Trinajstić information content (AvgIpc) is 2.92. The molecule has 2 aromatic heterocycles. The topological polar surface area (TPSA) is 74.8 Å². The third kappa shape index (κ3) is 3.97. The predicted octanol–water partition coefficient (Wildman–Crippen LogP) is 3.30. The molecule has 0 spiro atoms. The van der Waals surface area contributed by atoms with Crippen LogP contribution < -0.4 is 10.9 Å². The van der Waals surface area contributed by atoms with E-state index in [0.717, 1.165) is 10.4 Å². The van der Waals surface area contributed by atoms with Gasteiger partial charge in [-0.1, -0.05) is 0 Å². The summed E-state index contributed by atoms with van der Waals surface area (Å²) in [6.07, 6.45) is 0.368. The lowest BCUT2D eigenvalue weighted by Gasteiger charge is -2.06. The van der Waals surface area contributed by atoms with E-state index < -0.39 is 0 Å². The van der Waals surface area contributed by atoms with E-state index in [1.165, 1.54) is 10.9 Å². The van der Waals surface area contributed by atoms with E-state index in [1.54, 1.807) is 30.4 Å². The largest absolute Gasteiger partial charge is 0.326 e. The van der Waals surface area contributed by atoms with Gasteiger partial charge in [0.15, 0.2) is 0 Å². The molecule has 6 heteroatoms. The van der Waals surface area contributed by atoms with Crippen LogP contribution in [0.3, 0.4) is 0 Å². The van der Waals surface area contributed by atoms with Gasteiger partial charge >= 0.3 is 0 Å². The van der Waals surface area contributed by atoms with Crippen LogP contribution in [-0.2, 0) is 11.2 Å². The number of carbonyl (C=O) groups is 1. The van der Waals surface area contributed by atoms with Crippen LogP contribution in [0.5, 0.6) is 0 Å². The quantitative estimate of drug-likeness (QED) is 0.766. The zero-order valence-corrected chi connectivity index (χ0v) is 14.2. The molecular weight excluding hydrogens is 322 g/mol. The second-order valence-corrected chi connectivity index (χ2v) is 6.92. The SMILES string of the molecule is Cc1cc(=O)[nH]c(-c2ccc(NC(=O)Cc3ccc(C)s3)cc2)n1. The van der Waals surface area contributed by atoms with Gasteiger partial charge in [-0.3, -0.25) is 9.59 Å². The fourth-order valence-corrected chi connectivity index (χ4v) is 3.26. The van der Waals surface area contributed by atoms with Gasteiger partial charge in [0, 0.05) is 32.8 Å². The molecule has 0 aliphatic carbocycles. The van der Waals surface area contributed by atoms with E-state index in [4.69, 9.17) is 0 Å². The van der Waals surface area contributed by atoms with Crippen molar-refractivity contribution in [1.29, 1.82) is 0 Å². The maximum absolute atomic E-state index is 12.1. The monoisotopic (exact) mass is 339 g/mol. The molecule has 1 amide bonds. The third-order valence-electron chi connectivity index (χ3n) is 3.44. The van der Waals surface area contributed by atoms with Gasteiger partial charge in [-0.05, 0) is 50.2 Å². The Morgan fingerprint density at radius 2 is 1.92 bits per heavy atom. The number of hydrogen-bond acceptors (Lipinski definition) is 4. The number of anilines is 1. The number of aromatic nitrogens is 2. The number of thiophene rings is 1. The van der Waals surface area contributed by atoms with Crippen LogP contribution >= 0.6 is 11.3 Å². The second-order valence-electron chi connectivity index (χ2n) is 5.55. The number of nitrogens with zero attached hydrogens (tertiary/aromatic N) is 1. The highest BCUT2D eigenvalue weighted by Gasteiger charge is 2.07. The summed E-state index contributed by atoms with van der Waals surface area (Å²) in [5, 5.41) is 2.88. The molecule has 24 heavy (non-hydrogen) atoms. The van der Waals surface area contributed by atoms with Crippen LogP contribution in [0.25, 0.3) is 11.4 Å². The van der Waals surface area contributed by atoms with E-state index in [1.807, 2.05) is 31.2 Å². The number of amides is 1. The lowest BCUT2D eigenvalue weighted by atomic mass is 10.2. The summed E-state index contributed by atoms with van der Waals surface area (Å²) in [7, 11) is 0. The van der Waals surface area contributed by atoms with Gasteiger partial charge in [-0.25, -0.2) is 4.98 Å². The van der Waals surface area contributed by atoms with E-state index >= 15 is 0 Å². The number of hydrogen-bond donors (Lipinski definition) is 2. The number of rotatable bonds is 4. The number of nitrogens with one attached hydrogen (secondary N) is 2. The summed E-state index contributed by atoms with van der Waals surface area (Å²) < 4.78 is 0. The van der Waals surface area contributed by atoms with Gasteiger partial charge in [-0.2, -0.15) is 0 Å². The smallest absolute Gasteiger partial charge is 0.251 e. The molecule has 1 aromatic carbocycles. The van der Waals surface area contributed by atoms with Crippen molar-refractivity contribution in [2.75, 3.05) is 5.32 Å². The molecule has 5 nitrogen and oxygen atoms in total. The minimum Gasteiger partial charge on any atom is -0.326 e. The number of aromatic amines is 1. The number of aryl methyl sites for hydroxylation is 2. The maximum Gasteiger partial charge on any atom is 0.251 e. The molecular formula is C18H17N3O2S. The molecule has 0 aliphatic heterocycles. The molecule has 0 aliphatic rings. The Kier molecular flexibility index (Phi) is 4.57. The minimum absolute atomic E-state index is 0.0494. The number of carbonyl (C=O) groups excluding carboxylic acids is 1. The normalized spacial score (nSPS) is 10.6. The first-order chi connectivity index (χ1) is 11.5. The molecule has 0 bridgehead atoms. The van der Waals surface area contributed by atoms with E-state index in [0.29, 0.717) is 23.6 Å². The van der Waals surface area contributed by atoms with Crippen LogP contribution in [0.1, 0.15) is 15.4 Å². The zero-order valence-electron chi connectivity index (χ0n) is 13.4. The Balaban J connectivity index is 1.70. The van der Waals surface area contributed by atoms with Gasteiger partial charge in [0.05, 0.1) is 6.42 Å². The Bertz CT molecular complexity index is 926. The zero-order chi connectivity index (χ0) is 17.1. The average molecular weight is 339 g/mol. The standard InChI is InChI=1S/C18H17N3O2S/c1-11-9-16(22)21-18(19-11)13-4-6-14(7-5-13)20-17(23)10-15-8-3-12(2)24-15/h3-9H,10H2,1-2H3,(H,20,23)(H,19,21,22). The van der Waals surface area contributed by atoms with Crippen molar-refractivity contribution >= 4 is 22.9 Å². The molecule has 0 atom stereocenters. The summed E-state index contributed by atoms with van der Waals surface area (Å²) in [5.41, 5.74) is 1.99. The van der Waals surface area contributed by atoms with E-state index in [-0.39, 0.29) is 11.5 Å². The third-order valence-corrected chi connectivity index (χ3v) is 4.44. The van der Waals surface area contributed by atoms with Crippen LogP contribution in [-0.4, -0.2) is 15.9 Å². The maximum atomic E-state index is 12.1. The van der Waals surface area contributed by atoms with Crippen LogP contribution in [0.2, 0.25) is 0 Å². The van der Waals surface area contributed by atoms with E-state index in [2.05, 4.69) is 15.3 Å². The van der Waals surface area contributed by atoms with E-state index in [9.17, 15) is 9.59 Å². The van der Waals surface area contributed by atoms with Crippen molar-refractivity contribution in [3.05, 3.63) is 68.3 Å². The lowest BCUT2D eigenvalue weighted by Crippen LogP contribution is -2.13. The highest BCUT2D eigenvalue weighted by atomic mass is 32.1. The summed E-state index contributed by atoms with van der Waals surface area (Å²) >= 11 is 1.63. The highest BCUT2D eigenvalue weighted by molar-refractivity contribution is 7.12. The molecule has 0 fully saturated rings. The first kappa shape index (κ1) is 16.1. The van der Waals surface area contributed by atoms with Crippen molar-refractivity contribution in [1.82, 2.24) is 9.97 Å². The predicted molar refractivity (Wildman–Crippen MR) is 96.4 cm³/mol. The summed E-state index contributed by atoms with van der Waals surface area (Å²) in [5.74, 6) is 0.471. The Labute approximate surface area is 143 Å². The van der Waals surface area contributed by atoms with Gasteiger partial charge in [-0.15, -0.1) is 11.3 Å². The molecule has 3 aromatic rings. The van der Waals surface area contributed by atoms with Gasteiger partial charge < -0.3 is 10.3 Å². The first-order valence-electron chi connectivity index (χ1n) is 7.53. The van der Waals surface area contributed by atoms with Gasteiger partial charge in [0.2, 0.25) is 5.91 Å². The Morgan fingerprint density at radius 3 is 2.54 bits per heavy atom. The fourth-order valence-electron chi connectivity index (χ4n) is 2.37. The Morgan fingerprint density at radius 1 is 1.17 bits per heavy atom. The molecule has 0 saturated carbocycles. The fraction of sp³-hybridized carbons (Fsp3) is 0.167. The summed E-state index contributed by atoms with van der Waals surface area (Å²) in [4.78, 5) is 32.9. The summed E-state index contributed by atoms with van der Waals surface area (Å²) in [6, 6.07) is 12.7. The molecule has 2 N–H and O–H groups in total. The van der Waals surface area contributed by atoms with Crippen molar-refractivity contribution in [2.24, 2.45) is 0 Å². The van der Waals surface area contributed by atoms with Crippen LogP contribution in [0, 0.1) is 13.8 Å². The number of H-pyrrole nitrogens is 1. The molecule has 122 valence electrons. The van der Waals surface area contributed by atoms with Crippen molar-refractivity contribution in [3.8, 4) is 11.4 Å². The van der Waals surface area contributed by atoms with Gasteiger partial charge in [0.1, 0.15) is 5.82 Å². The van der Waals surface area contributed by atoms with Crippen molar-refractivity contribution in [2.45, 2.75) is 20.3 Å². The summed E-state index contributed by atoms with van der Waals surface area (Å²) in [6.45, 7) is 3.80. The van der Waals surface area contributed by atoms with Crippen LogP contribution in [0.4, 0.5) is 5.69 Å². The second kappa shape index (κ2) is 6.80. The van der Waals surface area contributed by atoms with Crippen molar-refractivity contribution < 1.29 is 4.79 Å². The van der Waals surface area contributed by atoms with Gasteiger partial charge in [0.25, 0.3) is 5.56 Å². The highest BCUT2D eigenvalue weighted by Crippen LogP contribution is 2.19. The molecule has 0 saturated heterocycles. The van der Waals surface area contributed by atoms with Crippen molar-refractivity contribution in [3.63, 3.8) is 0 Å². The molecule has 2 heterocycles. The van der Waals surface area contributed by atoms with Crippen LogP contribution in [0.15, 0.2) is 47.3 Å². The first-order valence-corrected chi connectivity index (χ1v) is 8.35. The minimum atomic E-state index is -0.180. The molecule has 3 rings (SSSR count). The number of benzene rings is 1. The molecule has 0 unspecified atom stereocenters. The molecule has 0 radical (unpaired) electrons. The Hall–Kier alpha value is -2.73.